The second kappa shape index (κ2) is 5.81. The van der Waals surface area contributed by atoms with E-state index in [0.29, 0.717) is 6.04 Å². The number of benzene rings is 1. The van der Waals surface area contributed by atoms with Gasteiger partial charge >= 0.3 is 0 Å². The molecule has 1 fully saturated rings. The summed E-state index contributed by atoms with van der Waals surface area (Å²) in [5.41, 5.74) is 2.26. The second-order valence-electron chi connectivity index (χ2n) is 4.82. The zero-order valence-corrected chi connectivity index (χ0v) is 12.0. The number of rotatable bonds is 3. The molecule has 1 N–H and O–H groups in total. The topological polar surface area (TPSA) is 24.5 Å². The van der Waals surface area contributed by atoms with Gasteiger partial charge < -0.3 is 15.0 Å². The number of hydrogen-bond donors (Lipinski definition) is 1. The number of aryl methyl sites for hydroxylation is 1. The normalized spacial score (nSPS) is 17.0. The Kier molecular flexibility index (Phi) is 4.36. The van der Waals surface area contributed by atoms with Crippen LogP contribution in [0, 0.1) is 6.92 Å². The molecule has 1 heterocycles. The lowest BCUT2D eigenvalue weighted by molar-refractivity contribution is 0.406. The largest absolute Gasteiger partial charge is 0.495 e. The lowest BCUT2D eigenvalue weighted by Crippen LogP contribution is -2.41. The molecule has 1 aromatic carbocycles. The Morgan fingerprint density at radius 1 is 1.33 bits per heavy atom. The van der Waals surface area contributed by atoms with Crippen molar-refractivity contribution in [2.45, 2.75) is 25.8 Å². The Morgan fingerprint density at radius 3 is 2.56 bits per heavy atom. The zero-order valence-electron chi connectivity index (χ0n) is 11.3. The number of hydrogen-bond acceptors (Lipinski definition) is 3. The van der Waals surface area contributed by atoms with Gasteiger partial charge in [-0.25, -0.2) is 0 Å². The SMILES string of the molecule is CNC1CCN(c2cc(C)c(Cl)cc2OC)CC1. The molecule has 0 aliphatic carbocycles. The van der Waals surface area contributed by atoms with E-state index < -0.39 is 0 Å². The summed E-state index contributed by atoms with van der Waals surface area (Å²) in [5.74, 6) is 0.869. The number of nitrogens with one attached hydrogen (secondary N) is 1. The van der Waals surface area contributed by atoms with Crippen molar-refractivity contribution in [1.29, 1.82) is 0 Å². The van der Waals surface area contributed by atoms with Gasteiger partial charge in [-0.3, -0.25) is 0 Å². The van der Waals surface area contributed by atoms with Crippen LogP contribution >= 0.6 is 11.6 Å². The molecule has 1 aliphatic heterocycles. The third-order valence-corrected chi connectivity index (χ3v) is 4.11. The van der Waals surface area contributed by atoms with Crippen molar-refractivity contribution < 1.29 is 4.74 Å². The number of ether oxygens (including phenoxy) is 1. The Hall–Kier alpha value is -0.930. The van der Waals surface area contributed by atoms with E-state index in [1.165, 1.54) is 12.8 Å². The second-order valence-corrected chi connectivity index (χ2v) is 5.23. The molecule has 0 aromatic heterocycles. The monoisotopic (exact) mass is 268 g/mol. The summed E-state index contributed by atoms with van der Waals surface area (Å²) in [6, 6.07) is 4.68. The lowest BCUT2D eigenvalue weighted by atomic mass is 10.0. The summed E-state index contributed by atoms with van der Waals surface area (Å²) in [6.07, 6.45) is 2.34. The fourth-order valence-corrected chi connectivity index (χ4v) is 2.62. The van der Waals surface area contributed by atoms with Crippen molar-refractivity contribution in [3.05, 3.63) is 22.7 Å². The van der Waals surface area contributed by atoms with Crippen molar-refractivity contribution in [3.63, 3.8) is 0 Å². The number of anilines is 1. The van der Waals surface area contributed by atoms with Gasteiger partial charge in [0.2, 0.25) is 0 Å². The molecule has 3 nitrogen and oxygen atoms in total. The van der Waals surface area contributed by atoms with Crippen molar-refractivity contribution >= 4 is 17.3 Å². The molecular weight excluding hydrogens is 248 g/mol. The molecule has 0 atom stereocenters. The quantitative estimate of drug-likeness (QED) is 0.912. The summed E-state index contributed by atoms with van der Waals surface area (Å²) in [7, 11) is 3.73. The predicted molar refractivity (Wildman–Crippen MR) is 77.0 cm³/mol. The van der Waals surface area contributed by atoms with Gasteiger partial charge in [0.1, 0.15) is 5.75 Å². The molecule has 0 spiro atoms. The first-order chi connectivity index (χ1) is 8.65. The van der Waals surface area contributed by atoms with Crippen LogP contribution in [0.25, 0.3) is 0 Å². The van der Waals surface area contributed by atoms with Crippen molar-refractivity contribution in [2.24, 2.45) is 0 Å². The molecule has 4 heteroatoms. The molecule has 2 rings (SSSR count). The minimum Gasteiger partial charge on any atom is -0.495 e. The van der Waals surface area contributed by atoms with Gasteiger partial charge in [0, 0.05) is 30.2 Å². The Labute approximate surface area is 114 Å². The molecule has 0 bridgehead atoms. The van der Waals surface area contributed by atoms with Crippen LogP contribution in [0.2, 0.25) is 5.02 Å². The van der Waals surface area contributed by atoms with Gasteiger partial charge in [-0.05, 0) is 38.4 Å². The van der Waals surface area contributed by atoms with Crippen LogP contribution in [0.15, 0.2) is 12.1 Å². The summed E-state index contributed by atoms with van der Waals surface area (Å²) < 4.78 is 5.45. The van der Waals surface area contributed by atoms with E-state index >= 15 is 0 Å². The smallest absolute Gasteiger partial charge is 0.143 e. The minimum absolute atomic E-state index is 0.639. The van der Waals surface area contributed by atoms with Crippen LogP contribution in [0.4, 0.5) is 5.69 Å². The van der Waals surface area contributed by atoms with Crippen LogP contribution < -0.4 is 15.0 Å². The molecule has 1 aliphatic rings. The maximum Gasteiger partial charge on any atom is 0.143 e. The summed E-state index contributed by atoms with van der Waals surface area (Å²) >= 11 is 6.14. The van der Waals surface area contributed by atoms with E-state index in [9.17, 15) is 0 Å². The number of methoxy groups -OCH3 is 1. The van der Waals surface area contributed by atoms with Gasteiger partial charge in [-0.15, -0.1) is 0 Å². The highest BCUT2D eigenvalue weighted by Gasteiger charge is 2.21. The Bertz CT molecular complexity index is 415. The van der Waals surface area contributed by atoms with Gasteiger partial charge in [-0.1, -0.05) is 11.6 Å². The minimum atomic E-state index is 0.639. The number of halogens is 1. The summed E-state index contributed by atoms with van der Waals surface area (Å²) in [4.78, 5) is 2.38. The van der Waals surface area contributed by atoms with Gasteiger partial charge in [-0.2, -0.15) is 0 Å². The summed E-state index contributed by atoms with van der Waals surface area (Å²) in [6.45, 7) is 4.15. The summed E-state index contributed by atoms with van der Waals surface area (Å²) in [5, 5.41) is 4.11. The first-order valence-electron chi connectivity index (χ1n) is 6.42. The predicted octanol–water partition coefficient (Wildman–Crippen LogP) is 2.85. The van der Waals surface area contributed by atoms with Gasteiger partial charge in [0.25, 0.3) is 0 Å². The van der Waals surface area contributed by atoms with Crippen LogP contribution in [-0.2, 0) is 0 Å². The van der Waals surface area contributed by atoms with E-state index in [4.69, 9.17) is 16.3 Å². The molecule has 18 heavy (non-hydrogen) atoms. The first-order valence-corrected chi connectivity index (χ1v) is 6.80. The highest BCUT2D eigenvalue weighted by atomic mass is 35.5. The Morgan fingerprint density at radius 2 is 2.00 bits per heavy atom. The molecule has 100 valence electrons. The van der Waals surface area contributed by atoms with Crippen molar-refractivity contribution in [3.8, 4) is 5.75 Å². The van der Waals surface area contributed by atoms with Gasteiger partial charge in [0.05, 0.1) is 12.8 Å². The van der Waals surface area contributed by atoms with E-state index in [2.05, 4.69) is 16.3 Å². The van der Waals surface area contributed by atoms with E-state index in [0.717, 1.165) is 35.1 Å². The maximum absolute atomic E-state index is 6.14. The van der Waals surface area contributed by atoms with Crippen molar-refractivity contribution in [2.75, 3.05) is 32.1 Å². The lowest BCUT2D eigenvalue weighted by Gasteiger charge is -2.34. The fourth-order valence-electron chi connectivity index (χ4n) is 2.47. The third kappa shape index (κ3) is 2.73. The van der Waals surface area contributed by atoms with E-state index in [1.807, 2.05) is 20.0 Å². The highest BCUT2D eigenvalue weighted by molar-refractivity contribution is 6.31. The zero-order chi connectivity index (χ0) is 13.1. The average Bonchev–Trinajstić information content (AvgIpc) is 2.41. The number of piperidine rings is 1. The van der Waals surface area contributed by atoms with Crippen LogP contribution in [0.3, 0.4) is 0 Å². The molecule has 0 unspecified atom stereocenters. The van der Waals surface area contributed by atoms with Crippen LogP contribution in [0.5, 0.6) is 5.75 Å². The first kappa shape index (κ1) is 13.5. The number of nitrogens with zero attached hydrogens (tertiary/aromatic N) is 1. The molecule has 1 saturated heterocycles. The van der Waals surface area contributed by atoms with Crippen LogP contribution in [-0.4, -0.2) is 33.3 Å². The molecule has 0 saturated carbocycles. The van der Waals surface area contributed by atoms with Gasteiger partial charge in [0.15, 0.2) is 0 Å². The van der Waals surface area contributed by atoms with E-state index in [1.54, 1.807) is 7.11 Å². The Balaban J connectivity index is 2.20. The van der Waals surface area contributed by atoms with E-state index in [-0.39, 0.29) is 0 Å². The standard InChI is InChI=1S/C14H21ClN2O/c1-10-8-13(14(18-3)9-12(10)15)17-6-4-11(16-2)5-7-17/h8-9,11,16H,4-7H2,1-3H3. The average molecular weight is 269 g/mol. The fraction of sp³-hybridized carbons (Fsp3) is 0.571. The third-order valence-electron chi connectivity index (χ3n) is 3.70. The highest BCUT2D eigenvalue weighted by Crippen LogP contribution is 2.35. The molecular formula is C14H21ClN2O. The maximum atomic E-state index is 6.14. The molecule has 1 aromatic rings. The van der Waals surface area contributed by atoms with Crippen molar-refractivity contribution in [1.82, 2.24) is 5.32 Å². The molecule has 0 radical (unpaired) electrons. The van der Waals surface area contributed by atoms with Crippen LogP contribution in [0.1, 0.15) is 18.4 Å². The molecule has 0 amide bonds.